The van der Waals surface area contributed by atoms with Crippen molar-refractivity contribution in [2.75, 3.05) is 11.4 Å². The summed E-state index contributed by atoms with van der Waals surface area (Å²) in [5.41, 5.74) is 1.80. The van der Waals surface area contributed by atoms with E-state index in [1.54, 1.807) is 30.5 Å². The molecule has 168 valence electrons. The number of nitrogens with one attached hydrogen (secondary N) is 1. The molecule has 0 unspecified atom stereocenters. The summed E-state index contributed by atoms with van der Waals surface area (Å²) in [7, 11) is -0.382. The highest BCUT2D eigenvalue weighted by Crippen LogP contribution is 2.23. The van der Waals surface area contributed by atoms with Crippen molar-refractivity contribution in [2.45, 2.75) is 10.9 Å². The Labute approximate surface area is 193 Å². The molecule has 4 aromatic rings. The fraction of sp³-hybridized carbons (Fsp3) is 0.120. The number of anilines is 1. The van der Waals surface area contributed by atoms with Gasteiger partial charge in [0.05, 0.1) is 10.6 Å². The molecule has 1 N–H and O–H groups in total. The standard InChI is InChI=1S/C25H24N4O3S/c1-28-18-17-26-24(28)23(19-9-5-3-6-10-19)27-25(30)20-13-15-22(16-14-20)33(31,32)29(2)21-11-7-4-8-12-21/h3-18,23H,1-2H3,(H,27,30)/t23-/m1/s1. The minimum absolute atomic E-state index is 0.106. The number of sulfonamides is 1. The van der Waals surface area contributed by atoms with Gasteiger partial charge in [0.2, 0.25) is 0 Å². The van der Waals surface area contributed by atoms with Crippen LogP contribution in [-0.2, 0) is 17.1 Å². The third-order valence-corrected chi connectivity index (χ3v) is 7.22. The molecule has 0 saturated heterocycles. The lowest BCUT2D eigenvalue weighted by atomic mass is 10.1. The molecule has 33 heavy (non-hydrogen) atoms. The maximum atomic E-state index is 13.0. The van der Waals surface area contributed by atoms with Crippen LogP contribution < -0.4 is 9.62 Å². The Morgan fingerprint density at radius 3 is 2.12 bits per heavy atom. The van der Waals surface area contributed by atoms with Gasteiger partial charge in [-0.05, 0) is 42.0 Å². The molecule has 4 rings (SSSR count). The van der Waals surface area contributed by atoms with Gasteiger partial charge in [0.15, 0.2) is 0 Å². The van der Waals surface area contributed by atoms with Crippen LogP contribution in [0.25, 0.3) is 0 Å². The Balaban J connectivity index is 1.57. The normalized spacial score (nSPS) is 12.2. The molecular formula is C25H24N4O3S. The summed E-state index contributed by atoms with van der Waals surface area (Å²) in [6.07, 6.45) is 3.50. The van der Waals surface area contributed by atoms with E-state index in [9.17, 15) is 13.2 Å². The summed E-state index contributed by atoms with van der Waals surface area (Å²) in [6, 6.07) is 23.9. The van der Waals surface area contributed by atoms with Crippen molar-refractivity contribution in [3.8, 4) is 0 Å². The monoisotopic (exact) mass is 460 g/mol. The average Bonchev–Trinajstić information content (AvgIpc) is 3.28. The predicted molar refractivity (Wildman–Crippen MR) is 127 cm³/mol. The van der Waals surface area contributed by atoms with E-state index >= 15 is 0 Å². The molecule has 7 nitrogen and oxygen atoms in total. The van der Waals surface area contributed by atoms with Crippen LogP contribution >= 0.6 is 0 Å². The number of nitrogens with zero attached hydrogens (tertiary/aromatic N) is 3. The lowest BCUT2D eigenvalue weighted by Gasteiger charge is -2.20. The van der Waals surface area contributed by atoms with E-state index in [1.165, 1.54) is 35.6 Å². The van der Waals surface area contributed by atoms with Crippen molar-refractivity contribution < 1.29 is 13.2 Å². The molecule has 1 aromatic heterocycles. The first-order chi connectivity index (χ1) is 15.9. The minimum atomic E-state index is -3.75. The zero-order valence-corrected chi connectivity index (χ0v) is 19.1. The second-order valence-electron chi connectivity index (χ2n) is 7.55. The molecular weight excluding hydrogens is 436 g/mol. The van der Waals surface area contributed by atoms with Gasteiger partial charge in [-0.15, -0.1) is 0 Å². The maximum Gasteiger partial charge on any atom is 0.264 e. The molecule has 1 atom stereocenters. The van der Waals surface area contributed by atoms with Crippen LogP contribution in [0, 0.1) is 0 Å². The Bertz CT molecular complexity index is 1340. The highest BCUT2D eigenvalue weighted by atomic mass is 32.2. The summed E-state index contributed by atoms with van der Waals surface area (Å²) >= 11 is 0. The van der Waals surface area contributed by atoms with Crippen LogP contribution in [0.15, 0.2) is 102 Å². The lowest BCUT2D eigenvalue weighted by molar-refractivity contribution is 0.0941. The first-order valence-corrected chi connectivity index (χ1v) is 11.8. The van der Waals surface area contributed by atoms with Gasteiger partial charge in [0.25, 0.3) is 15.9 Å². The molecule has 0 aliphatic carbocycles. The number of carbonyl (C=O) groups excluding carboxylic acids is 1. The molecule has 1 heterocycles. The second-order valence-corrected chi connectivity index (χ2v) is 9.52. The molecule has 0 fully saturated rings. The van der Waals surface area contributed by atoms with Gasteiger partial charge >= 0.3 is 0 Å². The number of benzene rings is 3. The lowest BCUT2D eigenvalue weighted by Crippen LogP contribution is -2.31. The number of hydrogen-bond acceptors (Lipinski definition) is 4. The summed E-state index contributed by atoms with van der Waals surface area (Å²) in [4.78, 5) is 17.5. The second kappa shape index (κ2) is 9.30. The maximum absolute atomic E-state index is 13.0. The van der Waals surface area contributed by atoms with Crippen molar-refractivity contribution >= 4 is 21.6 Å². The number of imidazole rings is 1. The molecule has 0 spiro atoms. The first-order valence-electron chi connectivity index (χ1n) is 10.3. The van der Waals surface area contributed by atoms with E-state index in [0.29, 0.717) is 17.1 Å². The van der Waals surface area contributed by atoms with Crippen molar-refractivity contribution in [3.63, 3.8) is 0 Å². The zero-order valence-electron chi connectivity index (χ0n) is 18.3. The molecule has 0 aliphatic heterocycles. The van der Waals surface area contributed by atoms with Gasteiger partial charge in [-0.25, -0.2) is 13.4 Å². The van der Waals surface area contributed by atoms with E-state index in [0.717, 1.165) is 5.56 Å². The topological polar surface area (TPSA) is 84.3 Å². The van der Waals surface area contributed by atoms with Gasteiger partial charge in [-0.1, -0.05) is 48.5 Å². The summed E-state index contributed by atoms with van der Waals surface area (Å²) in [6.45, 7) is 0. The Kier molecular flexibility index (Phi) is 6.28. The van der Waals surface area contributed by atoms with Crippen LogP contribution in [0.3, 0.4) is 0 Å². The van der Waals surface area contributed by atoms with Crippen molar-refractivity contribution in [1.29, 1.82) is 0 Å². The third-order valence-electron chi connectivity index (χ3n) is 5.42. The molecule has 0 saturated carbocycles. The Hall–Kier alpha value is -3.91. The van der Waals surface area contributed by atoms with Crippen LogP contribution in [0.1, 0.15) is 27.8 Å². The van der Waals surface area contributed by atoms with E-state index in [4.69, 9.17) is 0 Å². The van der Waals surface area contributed by atoms with Crippen LogP contribution in [-0.4, -0.2) is 30.9 Å². The SMILES string of the molecule is CN(c1ccccc1)S(=O)(=O)c1ccc(C(=O)N[C@H](c2ccccc2)c2nccn2C)cc1. The first kappa shape index (κ1) is 22.3. The summed E-state index contributed by atoms with van der Waals surface area (Å²) < 4.78 is 29.0. The van der Waals surface area contributed by atoms with Gasteiger partial charge < -0.3 is 9.88 Å². The third kappa shape index (κ3) is 4.65. The van der Waals surface area contributed by atoms with E-state index in [-0.39, 0.29) is 10.8 Å². The number of aromatic nitrogens is 2. The molecule has 0 bridgehead atoms. The number of amides is 1. The quantitative estimate of drug-likeness (QED) is 0.455. The number of carbonyl (C=O) groups is 1. The van der Waals surface area contributed by atoms with Gasteiger partial charge in [-0.3, -0.25) is 9.10 Å². The highest BCUT2D eigenvalue weighted by Gasteiger charge is 2.23. The zero-order chi connectivity index (χ0) is 23.4. The number of aryl methyl sites for hydroxylation is 1. The number of para-hydroxylation sites is 1. The van der Waals surface area contributed by atoms with Crippen LogP contribution in [0.5, 0.6) is 0 Å². The van der Waals surface area contributed by atoms with E-state index in [1.807, 2.05) is 54.2 Å². The summed E-state index contributed by atoms with van der Waals surface area (Å²) in [5.74, 6) is 0.366. The molecule has 1 amide bonds. The Morgan fingerprint density at radius 2 is 1.55 bits per heavy atom. The van der Waals surface area contributed by atoms with E-state index in [2.05, 4.69) is 10.3 Å². The minimum Gasteiger partial charge on any atom is -0.338 e. The van der Waals surface area contributed by atoms with Crippen molar-refractivity contribution in [3.05, 3.63) is 114 Å². The number of hydrogen-bond donors (Lipinski definition) is 1. The van der Waals surface area contributed by atoms with Crippen LogP contribution in [0.2, 0.25) is 0 Å². The van der Waals surface area contributed by atoms with Crippen molar-refractivity contribution in [1.82, 2.24) is 14.9 Å². The largest absolute Gasteiger partial charge is 0.338 e. The average molecular weight is 461 g/mol. The molecule has 0 radical (unpaired) electrons. The fourth-order valence-electron chi connectivity index (χ4n) is 3.53. The van der Waals surface area contributed by atoms with E-state index < -0.39 is 16.1 Å². The number of rotatable bonds is 7. The molecule has 8 heteroatoms. The van der Waals surface area contributed by atoms with Gasteiger partial charge in [0.1, 0.15) is 11.9 Å². The fourth-order valence-corrected chi connectivity index (χ4v) is 4.72. The molecule has 3 aromatic carbocycles. The predicted octanol–water partition coefficient (Wildman–Crippen LogP) is 3.76. The smallest absolute Gasteiger partial charge is 0.264 e. The van der Waals surface area contributed by atoms with Gasteiger partial charge in [0, 0.05) is 32.1 Å². The Morgan fingerprint density at radius 1 is 0.939 bits per heavy atom. The highest BCUT2D eigenvalue weighted by molar-refractivity contribution is 7.92. The summed E-state index contributed by atoms with van der Waals surface area (Å²) in [5, 5.41) is 3.02. The molecule has 0 aliphatic rings. The van der Waals surface area contributed by atoms with Gasteiger partial charge in [-0.2, -0.15) is 0 Å². The van der Waals surface area contributed by atoms with Crippen molar-refractivity contribution in [2.24, 2.45) is 7.05 Å². The van der Waals surface area contributed by atoms with Crippen LogP contribution in [0.4, 0.5) is 5.69 Å².